The number of fused-ring (bicyclic) bond motifs is 1. The van der Waals surface area contributed by atoms with Crippen molar-refractivity contribution in [2.45, 2.75) is 0 Å². The van der Waals surface area contributed by atoms with Gasteiger partial charge in [-0.15, -0.1) is 11.3 Å². The number of anilines is 2. The molecular weight excluding hydrogens is 360 g/mol. The van der Waals surface area contributed by atoms with Crippen molar-refractivity contribution in [3.05, 3.63) is 64.6 Å². The van der Waals surface area contributed by atoms with E-state index in [1.807, 2.05) is 47.8 Å². The quantitative estimate of drug-likeness (QED) is 0.476. The van der Waals surface area contributed by atoms with E-state index in [1.165, 1.54) is 0 Å². The highest BCUT2D eigenvalue weighted by molar-refractivity contribution is 9.10. The number of nitrogens with one attached hydrogen (secondary N) is 1. The van der Waals surface area contributed by atoms with Crippen LogP contribution in [0.5, 0.6) is 0 Å². The first-order valence-corrected chi connectivity index (χ1v) is 8.41. The van der Waals surface area contributed by atoms with Crippen LogP contribution < -0.4 is 5.32 Å². The molecule has 5 heteroatoms. The standard InChI is InChI=1S/C17H11BrN2OS/c18-13-6-3-5-11(8-13)15-10-22-17(19-15)20-16-14-7-2-1-4-12(14)9-21-16/h1-10H,(H,19,20). The van der Waals surface area contributed by atoms with E-state index >= 15 is 0 Å². The Hall–Kier alpha value is -2.11. The van der Waals surface area contributed by atoms with Crippen molar-refractivity contribution in [3.8, 4) is 11.3 Å². The molecule has 0 unspecified atom stereocenters. The second-order valence-corrected chi connectivity index (χ2v) is 6.60. The molecule has 0 saturated heterocycles. The second-order valence-electron chi connectivity index (χ2n) is 4.83. The van der Waals surface area contributed by atoms with Crippen LogP contribution >= 0.6 is 27.3 Å². The number of aromatic nitrogens is 1. The molecule has 0 spiro atoms. The zero-order chi connectivity index (χ0) is 14.9. The van der Waals surface area contributed by atoms with Gasteiger partial charge in [-0.3, -0.25) is 0 Å². The van der Waals surface area contributed by atoms with Crippen LogP contribution in [0.1, 0.15) is 0 Å². The average Bonchev–Trinajstić information content (AvgIpc) is 3.16. The van der Waals surface area contributed by atoms with Gasteiger partial charge in [0.05, 0.1) is 5.69 Å². The van der Waals surface area contributed by atoms with Gasteiger partial charge in [0, 0.05) is 26.2 Å². The van der Waals surface area contributed by atoms with Gasteiger partial charge in [0.2, 0.25) is 5.88 Å². The van der Waals surface area contributed by atoms with Crippen molar-refractivity contribution in [3.63, 3.8) is 0 Å². The monoisotopic (exact) mass is 370 g/mol. The van der Waals surface area contributed by atoms with Gasteiger partial charge in [0.1, 0.15) is 6.26 Å². The van der Waals surface area contributed by atoms with Crippen molar-refractivity contribution < 1.29 is 4.42 Å². The summed E-state index contributed by atoms with van der Waals surface area (Å²) in [5.74, 6) is 0.728. The van der Waals surface area contributed by atoms with E-state index in [0.717, 1.165) is 37.5 Å². The van der Waals surface area contributed by atoms with E-state index in [4.69, 9.17) is 4.42 Å². The predicted octanol–water partition coefficient (Wildman–Crippen LogP) is 6.06. The molecule has 4 aromatic rings. The molecule has 0 fully saturated rings. The number of hydrogen-bond acceptors (Lipinski definition) is 4. The fourth-order valence-electron chi connectivity index (χ4n) is 2.30. The maximum atomic E-state index is 5.60. The largest absolute Gasteiger partial charge is 0.447 e. The Morgan fingerprint density at radius 1 is 1.09 bits per heavy atom. The van der Waals surface area contributed by atoms with E-state index in [0.29, 0.717) is 0 Å². The first kappa shape index (κ1) is 13.5. The Morgan fingerprint density at radius 2 is 2.00 bits per heavy atom. The van der Waals surface area contributed by atoms with Crippen LogP contribution in [0.15, 0.2) is 69.1 Å². The molecule has 2 aromatic carbocycles. The molecule has 0 amide bonds. The number of thiazole rings is 1. The molecule has 0 bridgehead atoms. The zero-order valence-electron chi connectivity index (χ0n) is 11.4. The summed E-state index contributed by atoms with van der Waals surface area (Å²) in [4.78, 5) is 4.63. The second kappa shape index (κ2) is 5.59. The molecule has 0 aliphatic heterocycles. The first-order valence-electron chi connectivity index (χ1n) is 6.74. The molecule has 4 rings (SSSR count). The van der Waals surface area contributed by atoms with E-state index in [9.17, 15) is 0 Å². The molecule has 1 N–H and O–H groups in total. The minimum atomic E-state index is 0.728. The molecule has 0 aliphatic rings. The Morgan fingerprint density at radius 3 is 2.91 bits per heavy atom. The smallest absolute Gasteiger partial charge is 0.206 e. The lowest BCUT2D eigenvalue weighted by atomic mass is 10.2. The van der Waals surface area contributed by atoms with Gasteiger partial charge in [-0.2, -0.15) is 0 Å². The Labute approximate surface area is 139 Å². The maximum Gasteiger partial charge on any atom is 0.206 e. The van der Waals surface area contributed by atoms with Crippen molar-refractivity contribution >= 4 is 49.1 Å². The number of furan rings is 1. The summed E-state index contributed by atoms with van der Waals surface area (Å²) in [6, 6.07) is 16.2. The van der Waals surface area contributed by atoms with Crippen LogP contribution in [0.25, 0.3) is 22.0 Å². The lowest BCUT2D eigenvalue weighted by Crippen LogP contribution is -1.88. The lowest BCUT2D eigenvalue weighted by molar-refractivity contribution is 0.590. The van der Waals surface area contributed by atoms with Gasteiger partial charge in [0.25, 0.3) is 0 Å². The van der Waals surface area contributed by atoms with Crippen LogP contribution in [0, 0.1) is 0 Å². The lowest BCUT2D eigenvalue weighted by Gasteiger charge is -1.99. The van der Waals surface area contributed by atoms with Crippen molar-refractivity contribution in [2.24, 2.45) is 0 Å². The van der Waals surface area contributed by atoms with E-state index in [2.05, 4.69) is 32.3 Å². The summed E-state index contributed by atoms with van der Waals surface area (Å²) in [5, 5.41) is 8.25. The molecule has 2 heterocycles. The van der Waals surface area contributed by atoms with Gasteiger partial charge in [-0.1, -0.05) is 46.3 Å². The van der Waals surface area contributed by atoms with Gasteiger partial charge in [-0.25, -0.2) is 4.98 Å². The summed E-state index contributed by atoms with van der Waals surface area (Å²) in [7, 11) is 0. The van der Waals surface area contributed by atoms with Crippen molar-refractivity contribution in [1.29, 1.82) is 0 Å². The molecule has 2 aromatic heterocycles. The Bertz CT molecular complexity index is 944. The van der Waals surface area contributed by atoms with Crippen LogP contribution in [0.4, 0.5) is 11.0 Å². The number of hydrogen-bond donors (Lipinski definition) is 1. The topological polar surface area (TPSA) is 38.1 Å². The van der Waals surface area contributed by atoms with Gasteiger partial charge in [0.15, 0.2) is 5.13 Å². The van der Waals surface area contributed by atoms with Crippen LogP contribution in [0.3, 0.4) is 0 Å². The van der Waals surface area contributed by atoms with Gasteiger partial charge >= 0.3 is 0 Å². The third-order valence-corrected chi connectivity index (χ3v) is 4.61. The molecule has 108 valence electrons. The molecule has 0 saturated carbocycles. The van der Waals surface area contributed by atoms with E-state index in [-0.39, 0.29) is 0 Å². The summed E-state index contributed by atoms with van der Waals surface area (Å²) in [6.45, 7) is 0. The van der Waals surface area contributed by atoms with E-state index < -0.39 is 0 Å². The minimum absolute atomic E-state index is 0.728. The molecular formula is C17H11BrN2OS. The van der Waals surface area contributed by atoms with Crippen LogP contribution in [-0.2, 0) is 0 Å². The Kier molecular flexibility index (Phi) is 3.44. The van der Waals surface area contributed by atoms with Gasteiger partial charge < -0.3 is 9.73 Å². The maximum absolute atomic E-state index is 5.60. The fourth-order valence-corrected chi connectivity index (χ4v) is 3.41. The molecule has 0 atom stereocenters. The first-order chi connectivity index (χ1) is 10.8. The highest BCUT2D eigenvalue weighted by Gasteiger charge is 2.09. The average molecular weight is 371 g/mol. The summed E-state index contributed by atoms with van der Waals surface area (Å²) in [5.41, 5.74) is 2.03. The molecule has 3 nitrogen and oxygen atoms in total. The number of nitrogens with zero attached hydrogens (tertiary/aromatic N) is 1. The SMILES string of the molecule is Brc1cccc(-c2csc(Nc3occ4ccccc34)n2)c1. The summed E-state index contributed by atoms with van der Waals surface area (Å²) in [6.07, 6.45) is 1.75. The highest BCUT2D eigenvalue weighted by atomic mass is 79.9. The minimum Gasteiger partial charge on any atom is -0.447 e. The van der Waals surface area contributed by atoms with Gasteiger partial charge in [-0.05, 0) is 18.2 Å². The predicted molar refractivity (Wildman–Crippen MR) is 94.7 cm³/mol. The number of halogens is 1. The Balaban J connectivity index is 1.65. The van der Waals surface area contributed by atoms with E-state index in [1.54, 1.807) is 17.6 Å². The third kappa shape index (κ3) is 2.53. The van der Waals surface area contributed by atoms with Crippen LogP contribution in [-0.4, -0.2) is 4.98 Å². The zero-order valence-corrected chi connectivity index (χ0v) is 13.8. The molecule has 22 heavy (non-hydrogen) atoms. The third-order valence-electron chi connectivity index (χ3n) is 3.35. The van der Waals surface area contributed by atoms with Crippen molar-refractivity contribution in [2.75, 3.05) is 5.32 Å². The number of benzene rings is 2. The van der Waals surface area contributed by atoms with Crippen LogP contribution in [0.2, 0.25) is 0 Å². The fraction of sp³-hybridized carbons (Fsp3) is 0. The molecule has 0 radical (unpaired) electrons. The summed E-state index contributed by atoms with van der Waals surface area (Å²) < 4.78 is 6.65. The summed E-state index contributed by atoms with van der Waals surface area (Å²) >= 11 is 5.05. The molecule has 0 aliphatic carbocycles. The highest BCUT2D eigenvalue weighted by Crippen LogP contribution is 2.32. The van der Waals surface area contributed by atoms with Crippen molar-refractivity contribution in [1.82, 2.24) is 4.98 Å². The normalized spacial score (nSPS) is 11.0. The number of rotatable bonds is 3.